The molecule has 0 radical (unpaired) electrons. The molecule has 2 nitrogen and oxygen atoms in total. The average molecular weight is 278 g/mol. The molecular weight excluding hydrogens is 259 g/mol. The molecule has 0 aliphatic rings. The normalized spacial score (nSPS) is 11.4. The number of benzene rings is 1. The van der Waals surface area contributed by atoms with Gasteiger partial charge >= 0.3 is 0 Å². The Morgan fingerprint density at radius 3 is 2.63 bits per heavy atom. The van der Waals surface area contributed by atoms with E-state index in [2.05, 4.69) is 36.3 Å². The molecule has 0 aliphatic carbocycles. The van der Waals surface area contributed by atoms with Gasteiger partial charge in [-0.2, -0.15) is 0 Å². The van der Waals surface area contributed by atoms with E-state index in [1.54, 1.807) is 17.4 Å². The molecule has 0 bridgehead atoms. The van der Waals surface area contributed by atoms with Crippen LogP contribution in [-0.4, -0.2) is 10.9 Å². The van der Waals surface area contributed by atoms with Gasteiger partial charge in [-0.1, -0.05) is 12.1 Å². The molecular formula is C15H19FN2S. The quantitative estimate of drug-likeness (QED) is 0.841. The predicted octanol–water partition coefficient (Wildman–Crippen LogP) is 3.88. The highest BCUT2D eigenvalue weighted by molar-refractivity contribution is 7.09. The number of nitrogens with two attached hydrogens (primary N) is 1. The van der Waals surface area contributed by atoms with E-state index in [9.17, 15) is 4.39 Å². The van der Waals surface area contributed by atoms with Crippen LogP contribution in [0.25, 0.3) is 0 Å². The van der Waals surface area contributed by atoms with Crippen LogP contribution in [-0.2, 0) is 13.1 Å². The highest BCUT2D eigenvalue weighted by atomic mass is 32.1. The van der Waals surface area contributed by atoms with Crippen LogP contribution in [0.4, 0.5) is 10.1 Å². The third-order valence-corrected chi connectivity index (χ3v) is 3.98. The Labute approximate surface area is 117 Å². The molecule has 0 fully saturated rings. The van der Waals surface area contributed by atoms with Gasteiger partial charge in [-0.05, 0) is 43.0 Å². The first kappa shape index (κ1) is 14.0. The summed E-state index contributed by atoms with van der Waals surface area (Å²) in [6.07, 6.45) is 0. The number of halogens is 1. The molecule has 0 spiro atoms. The van der Waals surface area contributed by atoms with E-state index < -0.39 is 0 Å². The summed E-state index contributed by atoms with van der Waals surface area (Å²) in [5.74, 6) is -0.336. The van der Waals surface area contributed by atoms with Crippen molar-refractivity contribution in [2.45, 2.75) is 33.0 Å². The second-order valence-corrected chi connectivity index (χ2v) is 5.97. The molecule has 0 aliphatic heterocycles. The zero-order valence-corrected chi connectivity index (χ0v) is 12.1. The molecule has 1 heterocycles. The van der Waals surface area contributed by atoms with Crippen LogP contribution in [0.1, 0.15) is 24.3 Å². The monoisotopic (exact) mass is 278 g/mol. The summed E-state index contributed by atoms with van der Waals surface area (Å²) in [5.41, 5.74) is 6.66. The Morgan fingerprint density at radius 2 is 2.05 bits per heavy atom. The van der Waals surface area contributed by atoms with Crippen molar-refractivity contribution in [1.29, 1.82) is 0 Å². The fourth-order valence-corrected chi connectivity index (χ4v) is 2.66. The Morgan fingerprint density at radius 1 is 1.26 bits per heavy atom. The SMILES string of the molecule is CC(C)N(Cc1ccc(N)c(F)c1)Cc1cccs1. The minimum atomic E-state index is -0.336. The Kier molecular flexibility index (Phi) is 4.56. The summed E-state index contributed by atoms with van der Waals surface area (Å²) in [7, 11) is 0. The number of anilines is 1. The molecule has 1 aromatic heterocycles. The van der Waals surface area contributed by atoms with Crippen molar-refractivity contribution in [3.63, 3.8) is 0 Å². The van der Waals surface area contributed by atoms with Gasteiger partial charge in [0.05, 0.1) is 5.69 Å². The molecule has 19 heavy (non-hydrogen) atoms. The van der Waals surface area contributed by atoms with Crippen LogP contribution in [0.15, 0.2) is 35.7 Å². The molecule has 2 aromatic rings. The molecule has 0 atom stereocenters. The fourth-order valence-electron chi connectivity index (χ4n) is 1.93. The molecule has 0 amide bonds. The van der Waals surface area contributed by atoms with E-state index in [1.165, 1.54) is 10.9 Å². The Balaban J connectivity index is 2.09. The van der Waals surface area contributed by atoms with Crippen molar-refractivity contribution < 1.29 is 4.39 Å². The third kappa shape index (κ3) is 3.78. The van der Waals surface area contributed by atoms with E-state index >= 15 is 0 Å². The van der Waals surface area contributed by atoms with Gasteiger partial charge in [0, 0.05) is 24.0 Å². The molecule has 102 valence electrons. The lowest BCUT2D eigenvalue weighted by Gasteiger charge is -2.26. The molecule has 2 N–H and O–H groups in total. The first-order chi connectivity index (χ1) is 9.06. The summed E-state index contributed by atoms with van der Waals surface area (Å²) in [4.78, 5) is 3.64. The number of thiophene rings is 1. The molecule has 4 heteroatoms. The Hall–Kier alpha value is -1.39. The zero-order chi connectivity index (χ0) is 13.8. The van der Waals surface area contributed by atoms with Crippen LogP contribution < -0.4 is 5.73 Å². The summed E-state index contributed by atoms with van der Waals surface area (Å²) < 4.78 is 13.5. The predicted molar refractivity (Wildman–Crippen MR) is 79.5 cm³/mol. The number of nitrogens with zero attached hydrogens (tertiary/aromatic N) is 1. The maximum atomic E-state index is 13.5. The van der Waals surface area contributed by atoms with Gasteiger partial charge in [0.2, 0.25) is 0 Å². The second-order valence-electron chi connectivity index (χ2n) is 4.93. The van der Waals surface area contributed by atoms with Crippen LogP contribution in [0.3, 0.4) is 0 Å². The van der Waals surface area contributed by atoms with Crippen LogP contribution in [0, 0.1) is 5.82 Å². The fraction of sp³-hybridized carbons (Fsp3) is 0.333. The summed E-state index contributed by atoms with van der Waals surface area (Å²) in [5, 5.41) is 2.08. The summed E-state index contributed by atoms with van der Waals surface area (Å²) >= 11 is 1.75. The van der Waals surface area contributed by atoms with Crippen molar-refractivity contribution in [1.82, 2.24) is 4.90 Å². The van der Waals surface area contributed by atoms with Crippen molar-refractivity contribution in [3.05, 3.63) is 52.0 Å². The lowest BCUT2D eigenvalue weighted by atomic mass is 10.1. The van der Waals surface area contributed by atoms with Gasteiger partial charge in [0.15, 0.2) is 0 Å². The largest absolute Gasteiger partial charge is 0.396 e. The van der Waals surface area contributed by atoms with Crippen LogP contribution in [0.5, 0.6) is 0 Å². The van der Waals surface area contributed by atoms with E-state index in [1.807, 2.05) is 6.07 Å². The molecule has 2 rings (SSSR count). The molecule has 0 saturated heterocycles. The second kappa shape index (κ2) is 6.17. The maximum absolute atomic E-state index is 13.5. The van der Waals surface area contributed by atoms with Gasteiger partial charge in [-0.3, -0.25) is 4.90 Å². The smallest absolute Gasteiger partial charge is 0.146 e. The van der Waals surface area contributed by atoms with E-state index in [0.717, 1.165) is 18.7 Å². The van der Waals surface area contributed by atoms with Crippen molar-refractivity contribution >= 4 is 17.0 Å². The van der Waals surface area contributed by atoms with E-state index in [-0.39, 0.29) is 11.5 Å². The van der Waals surface area contributed by atoms with Gasteiger partial charge in [-0.15, -0.1) is 11.3 Å². The minimum absolute atomic E-state index is 0.207. The number of nitrogen functional groups attached to an aromatic ring is 1. The minimum Gasteiger partial charge on any atom is -0.396 e. The van der Waals surface area contributed by atoms with Crippen molar-refractivity contribution in [2.24, 2.45) is 0 Å². The first-order valence-corrected chi connectivity index (χ1v) is 7.24. The molecule has 1 aromatic carbocycles. The maximum Gasteiger partial charge on any atom is 0.146 e. The van der Waals surface area contributed by atoms with E-state index in [4.69, 9.17) is 5.73 Å². The third-order valence-electron chi connectivity index (χ3n) is 3.12. The van der Waals surface area contributed by atoms with Gasteiger partial charge < -0.3 is 5.73 Å². The van der Waals surface area contributed by atoms with Crippen molar-refractivity contribution in [2.75, 3.05) is 5.73 Å². The number of hydrogen-bond donors (Lipinski definition) is 1. The zero-order valence-electron chi connectivity index (χ0n) is 11.3. The first-order valence-electron chi connectivity index (χ1n) is 6.36. The lowest BCUT2D eigenvalue weighted by Crippen LogP contribution is -2.29. The molecule has 0 saturated carbocycles. The van der Waals surface area contributed by atoms with Crippen molar-refractivity contribution in [3.8, 4) is 0 Å². The highest BCUT2D eigenvalue weighted by Gasteiger charge is 2.12. The average Bonchev–Trinajstić information content (AvgIpc) is 2.86. The summed E-state index contributed by atoms with van der Waals surface area (Å²) in [6, 6.07) is 9.64. The highest BCUT2D eigenvalue weighted by Crippen LogP contribution is 2.18. The van der Waals surface area contributed by atoms with Crippen LogP contribution >= 0.6 is 11.3 Å². The topological polar surface area (TPSA) is 29.3 Å². The summed E-state index contributed by atoms with van der Waals surface area (Å²) in [6.45, 7) is 5.93. The van der Waals surface area contributed by atoms with E-state index in [0.29, 0.717) is 6.04 Å². The number of rotatable bonds is 5. The van der Waals surface area contributed by atoms with Gasteiger partial charge in [-0.25, -0.2) is 4.39 Å². The standard InChI is InChI=1S/C15H19FN2S/c1-11(2)18(10-13-4-3-7-19-13)9-12-5-6-15(17)14(16)8-12/h3-8,11H,9-10,17H2,1-2H3. The lowest BCUT2D eigenvalue weighted by molar-refractivity contribution is 0.205. The van der Waals surface area contributed by atoms with Gasteiger partial charge in [0.25, 0.3) is 0 Å². The van der Waals surface area contributed by atoms with Crippen LogP contribution in [0.2, 0.25) is 0 Å². The molecule has 0 unspecified atom stereocenters. The number of hydrogen-bond acceptors (Lipinski definition) is 3. The van der Waals surface area contributed by atoms with Gasteiger partial charge in [0.1, 0.15) is 5.82 Å². The Bertz CT molecular complexity index is 523.